The zero-order valence-electron chi connectivity index (χ0n) is 23.3. The smallest absolute Gasteiger partial charge is 0.131 e. The number of hydrogen-bond acceptors (Lipinski definition) is 4. The second-order valence-corrected chi connectivity index (χ2v) is 11.8. The van der Waals surface area contributed by atoms with E-state index in [2.05, 4.69) is 76.2 Å². The van der Waals surface area contributed by atoms with E-state index in [4.69, 9.17) is 18.9 Å². The van der Waals surface area contributed by atoms with Gasteiger partial charge in [0.25, 0.3) is 0 Å². The van der Waals surface area contributed by atoms with Gasteiger partial charge in [-0.15, -0.1) is 0 Å². The van der Waals surface area contributed by atoms with Gasteiger partial charge in [-0.1, -0.05) is 28.5 Å². The van der Waals surface area contributed by atoms with E-state index in [1.807, 2.05) is 12.2 Å². The van der Waals surface area contributed by atoms with Gasteiger partial charge in [0.15, 0.2) is 0 Å². The van der Waals surface area contributed by atoms with Gasteiger partial charge >= 0.3 is 0 Å². The Kier molecular flexibility index (Phi) is 8.77. The summed E-state index contributed by atoms with van der Waals surface area (Å²) in [7, 11) is 8.87. The molecule has 2 aromatic rings. The molecule has 0 fully saturated rings. The van der Waals surface area contributed by atoms with E-state index in [1.165, 1.54) is 32.9 Å². The third-order valence-corrected chi connectivity index (χ3v) is 8.40. The number of methoxy groups -OCH3 is 4. The molecule has 38 heavy (non-hydrogen) atoms. The maximum absolute atomic E-state index is 5.99. The second kappa shape index (κ2) is 12.0. The average molecular weight is 545 g/mol. The van der Waals surface area contributed by atoms with Crippen molar-refractivity contribution < 1.29 is 18.9 Å². The lowest BCUT2D eigenvalue weighted by Gasteiger charge is -2.26. The quantitative estimate of drug-likeness (QED) is 0.387. The highest BCUT2D eigenvalue weighted by molar-refractivity contribution is 7.51. The van der Waals surface area contributed by atoms with E-state index >= 15 is 0 Å². The summed E-state index contributed by atoms with van der Waals surface area (Å²) >= 11 is 0. The van der Waals surface area contributed by atoms with E-state index < -0.39 is 0 Å². The van der Waals surface area contributed by atoms with Crippen LogP contribution in [0.5, 0.6) is 0 Å². The van der Waals surface area contributed by atoms with Gasteiger partial charge in [0.2, 0.25) is 0 Å². The first kappa shape index (κ1) is 27.7. The number of allylic oxidation sites excluding steroid dienone is 6. The van der Waals surface area contributed by atoms with Crippen LogP contribution >= 0.6 is 16.4 Å². The van der Waals surface area contributed by atoms with Crippen LogP contribution in [0.25, 0.3) is 0 Å². The van der Waals surface area contributed by atoms with E-state index in [-0.39, 0.29) is 0 Å². The molecular weight excluding hydrogens is 510 g/mol. The van der Waals surface area contributed by atoms with Gasteiger partial charge in [0.1, 0.15) is 23.0 Å². The van der Waals surface area contributed by atoms with E-state index in [9.17, 15) is 0 Å². The molecule has 0 saturated carbocycles. The molecule has 6 heteroatoms. The standard InChI is InChI=1S/C32H34O4P2/c1-19-9-20(2)12-25(11-19)37-29-17-23(33-5)15-27(35-7)31(29)32-28(36-8)16-24(34-6)18-30(32)38-26-13-21(3)10-22(4)14-26/h9-18H,1-8H3. The predicted octanol–water partition coefficient (Wildman–Crippen LogP) is 6.55. The van der Waals surface area contributed by atoms with Crippen LogP contribution in [-0.2, 0) is 18.9 Å². The molecule has 0 N–H and O–H groups in total. The fourth-order valence-corrected chi connectivity index (χ4v) is 7.38. The largest absolute Gasteiger partial charge is 0.497 e. The number of aryl methyl sites for hydroxylation is 4. The Morgan fingerprint density at radius 3 is 1.08 bits per heavy atom. The summed E-state index contributed by atoms with van der Waals surface area (Å²) in [5, 5.41) is 4.57. The Labute approximate surface area is 229 Å². The third-order valence-electron chi connectivity index (χ3n) is 6.18. The summed E-state index contributed by atoms with van der Waals surface area (Å²) in [6, 6.07) is 13.3. The number of rotatable bonds is 6. The predicted molar refractivity (Wildman–Crippen MR) is 162 cm³/mol. The second-order valence-electron chi connectivity index (χ2n) is 9.36. The van der Waals surface area contributed by atoms with Gasteiger partial charge in [-0.25, -0.2) is 0 Å². The minimum absolute atomic E-state index is 0.733. The van der Waals surface area contributed by atoms with Crippen LogP contribution in [0.3, 0.4) is 0 Å². The summed E-state index contributed by atoms with van der Waals surface area (Å²) in [5.41, 5.74) is 6.92. The van der Waals surface area contributed by atoms with Gasteiger partial charge in [-0.3, -0.25) is 0 Å². The Morgan fingerprint density at radius 1 is 0.447 bits per heavy atom. The lowest BCUT2D eigenvalue weighted by atomic mass is 9.92. The molecule has 0 bridgehead atoms. The molecule has 0 saturated heterocycles. The molecule has 0 amide bonds. The summed E-state index contributed by atoms with van der Waals surface area (Å²) in [5.74, 6) is 2.96. The Bertz CT molecular complexity index is 1330. The van der Waals surface area contributed by atoms with Crippen molar-refractivity contribution in [2.75, 3.05) is 28.4 Å². The zero-order valence-corrected chi connectivity index (χ0v) is 25.1. The van der Waals surface area contributed by atoms with E-state index in [0.29, 0.717) is 0 Å². The van der Waals surface area contributed by atoms with Crippen LogP contribution in [0.4, 0.5) is 0 Å². The molecule has 0 atom stereocenters. The molecule has 0 unspecified atom stereocenters. The van der Waals surface area contributed by atoms with Crippen molar-refractivity contribution in [2.24, 2.45) is 0 Å². The van der Waals surface area contributed by atoms with Crippen molar-refractivity contribution in [3.05, 3.63) is 117 Å². The van der Waals surface area contributed by atoms with Crippen molar-refractivity contribution in [3.8, 4) is 0 Å². The van der Waals surface area contributed by atoms with Crippen LogP contribution in [-0.4, -0.2) is 39.0 Å². The minimum Gasteiger partial charge on any atom is -0.497 e. The molecule has 0 aliphatic heterocycles. The van der Waals surface area contributed by atoms with Crippen LogP contribution in [0.1, 0.15) is 22.3 Å². The zero-order chi connectivity index (χ0) is 27.4. The highest BCUT2D eigenvalue weighted by Gasteiger charge is 2.29. The van der Waals surface area contributed by atoms with Crippen LogP contribution in [0.2, 0.25) is 0 Å². The Morgan fingerprint density at radius 2 is 0.789 bits per heavy atom. The Balaban J connectivity index is 2.06. The summed E-state index contributed by atoms with van der Waals surface area (Å²) in [6.07, 6.45) is 8.07. The first-order chi connectivity index (χ1) is 18.2. The average Bonchev–Trinajstić information content (AvgIpc) is 2.86. The lowest BCUT2D eigenvalue weighted by molar-refractivity contribution is 0.275. The molecule has 0 spiro atoms. The highest BCUT2D eigenvalue weighted by atomic mass is 31.1. The SMILES string of the molecule is COC1=CC(=Pc2cc(C)cc(C)c2)C(=C2C(OC)=CC(OC)=CC2=Pc2cc(C)cc(C)c2)C(OC)=C1. The fraction of sp³-hybridized carbons (Fsp3) is 0.250. The van der Waals surface area contributed by atoms with Crippen molar-refractivity contribution in [3.63, 3.8) is 0 Å². The molecule has 4 rings (SSSR count). The molecule has 0 heterocycles. The summed E-state index contributed by atoms with van der Waals surface area (Å²) in [6.45, 7) is 8.53. The minimum atomic E-state index is 0.733. The topological polar surface area (TPSA) is 36.9 Å². The van der Waals surface area contributed by atoms with Crippen molar-refractivity contribution in [1.82, 2.24) is 0 Å². The normalized spacial score (nSPS) is 19.5. The van der Waals surface area contributed by atoms with Gasteiger partial charge in [-0.05, 0) is 86.4 Å². The number of hydrogen-bond donors (Lipinski definition) is 0. The monoisotopic (exact) mass is 544 g/mol. The number of benzene rings is 2. The third kappa shape index (κ3) is 6.21. The number of ether oxygens (including phenoxy) is 4. The molecule has 2 aliphatic carbocycles. The van der Waals surface area contributed by atoms with Crippen LogP contribution in [0, 0.1) is 27.7 Å². The van der Waals surface area contributed by atoms with Crippen LogP contribution in [0.15, 0.2) is 94.9 Å². The van der Waals surface area contributed by atoms with Gasteiger partial charge in [-0.2, -0.15) is 0 Å². The highest BCUT2D eigenvalue weighted by Crippen LogP contribution is 2.36. The molecule has 0 radical (unpaired) electrons. The lowest BCUT2D eigenvalue weighted by Crippen LogP contribution is -2.20. The van der Waals surface area contributed by atoms with Crippen molar-refractivity contribution in [2.45, 2.75) is 27.7 Å². The first-order valence-corrected chi connectivity index (χ1v) is 14.2. The fourth-order valence-electron chi connectivity index (χ4n) is 4.70. The van der Waals surface area contributed by atoms with Crippen molar-refractivity contribution in [1.29, 1.82) is 0 Å². The first-order valence-electron chi connectivity index (χ1n) is 12.4. The molecule has 2 aromatic carbocycles. The molecule has 2 aliphatic rings. The molecule has 4 nitrogen and oxygen atoms in total. The van der Waals surface area contributed by atoms with Crippen molar-refractivity contribution >= 4 is 37.6 Å². The van der Waals surface area contributed by atoms with Gasteiger partial charge in [0.05, 0.1) is 28.4 Å². The van der Waals surface area contributed by atoms with E-state index in [1.54, 1.807) is 28.4 Å². The molecular formula is C32H34O4P2. The Hall–Kier alpha value is -3.32. The van der Waals surface area contributed by atoms with Crippen LogP contribution < -0.4 is 10.6 Å². The molecule has 0 aromatic heterocycles. The van der Waals surface area contributed by atoms with E-state index in [0.717, 1.165) is 61.2 Å². The summed E-state index contributed by atoms with van der Waals surface area (Å²) in [4.78, 5) is 0. The maximum atomic E-state index is 5.99. The van der Waals surface area contributed by atoms with Gasteiger partial charge in [0, 0.05) is 44.5 Å². The summed E-state index contributed by atoms with van der Waals surface area (Å²) < 4.78 is 23.3. The van der Waals surface area contributed by atoms with Gasteiger partial charge < -0.3 is 18.9 Å². The molecule has 196 valence electrons. The maximum Gasteiger partial charge on any atom is 0.131 e.